The van der Waals surface area contributed by atoms with Crippen molar-refractivity contribution >= 4 is 11.7 Å². The van der Waals surface area contributed by atoms with Crippen LogP contribution in [-0.2, 0) is 17.8 Å². The summed E-state index contributed by atoms with van der Waals surface area (Å²) in [6, 6.07) is 15.5. The van der Waals surface area contributed by atoms with Crippen molar-refractivity contribution in [1.29, 1.82) is 0 Å². The average molecular weight is 326 g/mol. The number of nitrogens with zero attached hydrogens (tertiary/aromatic N) is 1. The zero-order chi connectivity index (χ0) is 16.8. The number of rotatable bonds is 6. The third-order valence-corrected chi connectivity index (χ3v) is 4.12. The molecule has 2 aromatic rings. The Labute approximate surface area is 141 Å². The van der Waals surface area contributed by atoms with Crippen LogP contribution >= 0.6 is 0 Å². The number of ether oxygens (including phenoxy) is 1. The molecule has 0 bridgehead atoms. The van der Waals surface area contributed by atoms with Crippen molar-refractivity contribution in [1.82, 2.24) is 5.32 Å². The van der Waals surface area contributed by atoms with E-state index in [0.717, 1.165) is 38.4 Å². The highest BCUT2D eigenvalue weighted by Gasteiger charge is 2.11. The number of aromatic carboxylic acids is 1. The van der Waals surface area contributed by atoms with Gasteiger partial charge in [-0.2, -0.15) is 0 Å². The molecular formula is C19H22N2O3. The second-order valence-corrected chi connectivity index (χ2v) is 5.88. The molecule has 1 saturated heterocycles. The molecule has 1 aliphatic rings. The van der Waals surface area contributed by atoms with Crippen LogP contribution in [0.1, 0.15) is 21.5 Å². The van der Waals surface area contributed by atoms with Crippen LogP contribution in [0.15, 0.2) is 48.5 Å². The highest BCUT2D eigenvalue weighted by atomic mass is 16.5. The first-order chi connectivity index (χ1) is 11.7. The molecule has 2 aromatic carbocycles. The van der Waals surface area contributed by atoms with E-state index in [0.29, 0.717) is 12.1 Å². The number of hydrogen-bond donors (Lipinski definition) is 2. The van der Waals surface area contributed by atoms with Gasteiger partial charge < -0.3 is 20.1 Å². The van der Waals surface area contributed by atoms with Crippen molar-refractivity contribution in [2.24, 2.45) is 0 Å². The van der Waals surface area contributed by atoms with Crippen molar-refractivity contribution in [2.75, 3.05) is 31.2 Å². The van der Waals surface area contributed by atoms with Gasteiger partial charge in [-0.3, -0.25) is 0 Å². The SMILES string of the molecule is O=C(O)c1cccc(CNCc2cccc(N3CCOCC3)c2)c1. The summed E-state index contributed by atoms with van der Waals surface area (Å²) in [4.78, 5) is 13.3. The summed E-state index contributed by atoms with van der Waals surface area (Å²) in [6.07, 6.45) is 0. The van der Waals surface area contributed by atoms with Crippen LogP contribution < -0.4 is 10.2 Å². The summed E-state index contributed by atoms with van der Waals surface area (Å²) >= 11 is 0. The molecule has 1 aliphatic heterocycles. The maximum absolute atomic E-state index is 11.0. The van der Waals surface area contributed by atoms with Gasteiger partial charge in [-0.15, -0.1) is 0 Å². The first kappa shape index (κ1) is 16.5. The molecule has 5 nitrogen and oxygen atoms in total. The number of morpholine rings is 1. The van der Waals surface area contributed by atoms with Crippen molar-refractivity contribution < 1.29 is 14.6 Å². The van der Waals surface area contributed by atoms with E-state index in [-0.39, 0.29) is 0 Å². The monoisotopic (exact) mass is 326 g/mol. The van der Waals surface area contributed by atoms with Gasteiger partial charge in [0, 0.05) is 31.9 Å². The third kappa shape index (κ3) is 4.34. The molecule has 1 heterocycles. The molecule has 2 N–H and O–H groups in total. The summed E-state index contributed by atoms with van der Waals surface area (Å²) in [6.45, 7) is 4.81. The minimum Gasteiger partial charge on any atom is -0.478 e. The zero-order valence-electron chi connectivity index (χ0n) is 13.6. The van der Waals surface area contributed by atoms with Crippen LogP contribution in [0, 0.1) is 0 Å². The Bertz CT molecular complexity index is 697. The van der Waals surface area contributed by atoms with Gasteiger partial charge in [0.15, 0.2) is 0 Å². The molecule has 0 aromatic heterocycles. The second kappa shape index (κ2) is 7.95. The fourth-order valence-corrected chi connectivity index (χ4v) is 2.85. The van der Waals surface area contributed by atoms with E-state index in [1.165, 1.54) is 11.3 Å². The number of carboxylic acid groups (broad SMARTS) is 1. The lowest BCUT2D eigenvalue weighted by Crippen LogP contribution is -2.36. The van der Waals surface area contributed by atoms with Crippen LogP contribution in [0.5, 0.6) is 0 Å². The predicted molar refractivity (Wildman–Crippen MR) is 93.4 cm³/mol. The fraction of sp³-hybridized carbons (Fsp3) is 0.316. The molecule has 0 amide bonds. The molecule has 0 radical (unpaired) electrons. The first-order valence-electron chi connectivity index (χ1n) is 8.17. The van der Waals surface area contributed by atoms with Crippen LogP contribution in [-0.4, -0.2) is 37.4 Å². The molecule has 5 heteroatoms. The molecule has 0 atom stereocenters. The highest BCUT2D eigenvalue weighted by Crippen LogP contribution is 2.17. The summed E-state index contributed by atoms with van der Waals surface area (Å²) in [7, 11) is 0. The van der Waals surface area contributed by atoms with Gasteiger partial charge in [-0.05, 0) is 35.4 Å². The fourth-order valence-electron chi connectivity index (χ4n) is 2.85. The number of anilines is 1. The molecule has 0 unspecified atom stereocenters. The number of carboxylic acids is 1. The van der Waals surface area contributed by atoms with Crippen molar-refractivity contribution in [3.8, 4) is 0 Å². The highest BCUT2D eigenvalue weighted by molar-refractivity contribution is 5.87. The summed E-state index contributed by atoms with van der Waals surface area (Å²) in [5.41, 5.74) is 3.74. The largest absolute Gasteiger partial charge is 0.478 e. The molecule has 3 rings (SSSR count). The van der Waals surface area contributed by atoms with Crippen LogP contribution in [0.3, 0.4) is 0 Å². The van der Waals surface area contributed by atoms with E-state index in [1.807, 2.05) is 6.07 Å². The van der Waals surface area contributed by atoms with E-state index < -0.39 is 5.97 Å². The van der Waals surface area contributed by atoms with Crippen LogP contribution in [0.2, 0.25) is 0 Å². The number of nitrogens with one attached hydrogen (secondary N) is 1. The average Bonchev–Trinajstić information content (AvgIpc) is 2.63. The Hall–Kier alpha value is -2.37. The van der Waals surface area contributed by atoms with Gasteiger partial charge in [-0.25, -0.2) is 4.79 Å². The Morgan fingerprint density at radius 2 is 1.71 bits per heavy atom. The van der Waals surface area contributed by atoms with E-state index in [2.05, 4.69) is 34.5 Å². The van der Waals surface area contributed by atoms with E-state index in [9.17, 15) is 4.79 Å². The van der Waals surface area contributed by atoms with Gasteiger partial charge in [0.2, 0.25) is 0 Å². The maximum atomic E-state index is 11.0. The third-order valence-electron chi connectivity index (χ3n) is 4.12. The molecule has 126 valence electrons. The quantitative estimate of drug-likeness (QED) is 0.854. The van der Waals surface area contributed by atoms with E-state index >= 15 is 0 Å². The molecule has 1 fully saturated rings. The number of benzene rings is 2. The number of hydrogen-bond acceptors (Lipinski definition) is 4. The first-order valence-corrected chi connectivity index (χ1v) is 8.17. The van der Waals surface area contributed by atoms with Gasteiger partial charge in [0.25, 0.3) is 0 Å². The Morgan fingerprint density at radius 1 is 1.04 bits per heavy atom. The second-order valence-electron chi connectivity index (χ2n) is 5.88. The number of carbonyl (C=O) groups is 1. The lowest BCUT2D eigenvalue weighted by atomic mass is 10.1. The van der Waals surface area contributed by atoms with Crippen LogP contribution in [0.4, 0.5) is 5.69 Å². The van der Waals surface area contributed by atoms with Crippen LogP contribution in [0.25, 0.3) is 0 Å². The Morgan fingerprint density at radius 3 is 2.42 bits per heavy atom. The minimum atomic E-state index is -0.893. The molecule has 0 saturated carbocycles. The van der Waals surface area contributed by atoms with E-state index in [1.54, 1.807) is 18.2 Å². The zero-order valence-corrected chi connectivity index (χ0v) is 13.6. The lowest BCUT2D eigenvalue weighted by molar-refractivity contribution is 0.0696. The van der Waals surface area contributed by atoms with Crippen molar-refractivity contribution in [2.45, 2.75) is 13.1 Å². The molecule has 0 spiro atoms. The topological polar surface area (TPSA) is 61.8 Å². The summed E-state index contributed by atoms with van der Waals surface area (Å²) < 4.78 is 5.40. The summed E-state index contributed by atoms with van der Waals surface area (Å²) in [5, 5.41) is 12.4. The molecule has 0 aliphatic carbocycles. The van der Waals surface area contributed by atoms with Crippen molar-refractivity contribution in [3.05, 3.63) is 65.2 Å². The standard InChI is InChI=1S/C19H22N2O3/c22-19(23)17-5-1-3-15(11-17)13-20-14-16-4-2-6-18(12-16)21-7-9-24-10-8-21/h1-6,11-12,20H,7-10,13-14H2,(H,22,23). The minimum absolute atomic E-state index is 0.323. The predicted octanol–water partition coefficient (Wildman–Crippen LogP) is 2.51. The van der Waals surface area contributed by atoms with E-state index in [4.69, 9.17) is 9.84 Å². The maximum Gasteiger partial charge on any atom is 0.335 e. The molecule has 24 heavy (non-hydrogen) atoms. The Balaban J connectivity index is 1.57. The van der Waals surface area contributed by atoms with Gasteiger partial charge in [-0.1, -0.05) is 24.3 Å². The van der Waals surface area contributed by atoms with Crippen molar-refractivity contribution in [3.63, 3.8) is 0 Å². The normalized spacial score (nSPS) is 14.6. The summed E-state index contributed by atoms with van der Waals surface area (Å²) in [5.74, 6) is -0.893. The lowest BCUT2D eigenvalue weighted by Gasteiger charge is -2.29. The van der Waals surface area contributed by atoms with Gasteiger partial charge in [0.05, 0.1) is 18.8 Å². The van der Waals surface area contributed by atoms with Gasteiger partial charge >= 0.3 is 5.97 Å². The molecular weight excluding hydrogens is 304 g/mol. The van der Waals surface area contributed by atoms with Gasteiger partial charge in [0.1, 0.15) is 0 Å². The Kier molecular flexibility index (Phi) is 5.46. The smallest absolute Gasteiger partial charge is 0.335 e.